The SMILES string of the molecule is CC1(Nc2ncc(Cl)c(N[C@H]3CCCCC3C=N)n2)C=C(Cl)C(Br)=C(CO)C1. The van der Waals surface area contributed by atoms with Gasteiger partial charge in [-0.25, -0.2) is 4.98 Å². The monoisotopic (exact) mass is 487 g/mol. The zero-order chi connectivity index (χ0) is 20.3. The van der Waals surface area contributed by atoms with E-state index in [-0.39, 0.29) is 18.6 Å². The van der Waals surface area contributed by atoms with Crippen molar-refractivity contribution in [2.75, 3.05) is 17.2 Å². The number of aromatic nitrogens is 2. The molecule has 2 unspecified atom stereocenters. The highest BCUT2D eigenvalue weighted by Gasteiger charge is 2.31. The predicted octanol–water partition coefficient (Wildman–Crippen LogP) is 5.09. The molecule has 0 amide bonds. The molecule has 1 aromatic heterocycles. The molecule has 152 valence electrons. The van der Waals surface area contributed by atoms with Crippen LogP contribution in [0.15, 0.2) is 27.4 Å². The summed E-state index contributed by atoms with van der Waals surface area (Å²) in [6, 6.07) is 0.144. The lowest BCUT2D eigenvalue weighted by molar-refractivity contribution is 0.321. The average Bonchev–Trinajstić information content (AvgIpc) is 2.67. The van der Waals surface area contributed by atoms with E-state index in [1.165, 1.54) is 6.21 Å². The Bertz CT molecular complexity index is 816. The van der Waals surface area contributed by atoms with Crippen molar-refractivity contribution >= 4 is 57.1 Å². The fraction of sp³-hybridized carbons (Fsp3) is 0.526. The predicted molar refractivity (Wildman–Crippen MR) is 119 cm³/mol. The van der Waals surface area contributed by atoms with Crippen LogP contribution in [0.1, 0.15) is 39.0 Å². The summed E-state index contributed by atoms with van der Waals surface area (Å²) >= 11 is 16.1. The van der Waals surface area contributed by atoms with E-state index in [1.54, 1.807) is 6.20 Å². The minimum absolute atomic E-state index is 0.0805. The number of hydrogen-bond donors (Lipinski definition) is 4. The molecule has 2 aliphatic carbocycles. The number of aliphatic hydroxyl groups excluding tert-OH is 1. The molecule has 1 saturated carbocycles. The lowest BCUT2D eigenvalue weighted by Gasteiger charge is -2.33. The van der Waals surface area contributed by atoms with Gasteiger partial charge in [-0.15, -0.1) is 0 Å². The van der Waals surface area contributed by atoms with Gasteiger partial charge in [-0.2, -0.15) is 4.98 Å². The Balaban J connectivity index is 1.79. The van der Waals surface area contributed by atoms with Gasteiger partial charge < -0.3 is 21.1 Å². The number of rotatable bonds is 6. The maximum atomic E-state index is 9.61. The number of anilines is 2. The minimum Gasteiger partial charge on any atom is -0.392 e. The van der Waals surface area contributed by atoms with Gasteiger partial charge in [0.25, 0.3) is 0 Å². The van der Waals surface area contributed by atoms with Crippen molar-refractivity contribution in [3.63, 3.8) is 0 Å². The molecular weight excluding hydrogens is 465 g/mol. The maximum absolute atomic E-state index is 9.61. The first-order valence-electron chi connectivity index (χ1n) is 9.30. The number of nitrogens with zero attached hydrogens (tertiary/aromatic N) is 2. The van der Waals surface area contributed by atoms with Crippen molar-refractivity contribution in [3.05, 3.63) is 32.4 Å². The summed E-state index contributed by atoms with van der Waals surface area (Å²) in [5, 5.41) is 25.0. The van der Waals surface area contributed by atoms with Crippen LogP contribution in [0.3, 0.4) is 0 Å². The molecule has 1 aromatic rings. The Kier molecular flexibility index (Phi) is 7.02. The maximum Gasteiger partial charge on any atom is 0.225 e. The second-order valence-corrected chi connectivity index (χ2v) is 9.15. The highest BCUT2D eigenvalue weighted by atomic mass is 79.9. The normalized spacial score (nSPS) is 28.0. The summed E-state index contributed by atoms with van der Waals surface area (Å²) in [5.74, 6) is 1.17. The molecule has 0 spiro atoms. The number of nitrogens with one attached hydrogen (secondary N) is 3. The van der Waals surface area contributed by atoms with Crippen molar-refractivity contribution in [2.45, 2.75) is 50.6 Å². The van der Waals surface area contributed by atoms with Gasteiger partial charge in [0.05, 0.1) is 23.4 Å². The zero-order valence-electron chi connectivity index (χ0n) is 15.6. The van der Waals surface area contributed by atoms with Crippen LogP contribution in [0.4, 0.5) is 11.8 Å². The number of allylic oxidation sites excluding steroid dienone is 2. The van der Waals surface area contributed by atoms with Gasteiger partial charge in [-0.05, 0) is 53.8 Å². The van der Waals surface area contributed by atoms with Crippen LogP contribution < -0.4 is 10.6 Å². The summed E-state index contributed by atoms with van der Waals surface area (Å²) < 4.78 is 0.727. The first-order chi connectivity index (χ1) is 13.3. The van der Waals surface area contributed by atoms with Crippen LogP contribution >= 0.6 is 39.1 Å². The van der Waals surface area contributed by atoms with Gasteiger partial charge in [0.2, 0.25) is 5.95 Å². The Hall–Kier alpha value is -1.15. The molecule has 6 nitrogen and oxygen atoms in total. The molecule has 3 rings (SSSR count). The molecule has 4 N–H and O–H groups in total. The van der Waals surface area contributed by atoms with Gasteiger partial charge >= 0.3 is 0 Å². The van der Waals surface area contributed by atoms with Gasteiger partial charge in [0, 0.05) is 22.7 Å². The van der Waals surface area contributed by atoms with E-state index in [9.17, 15) is 5.11 Å². The van der Waals surface area contributed by atoms with Crippen LogP contribution in [0.2, 0.25) is 5.02 Å². The third kappa shape index (κ3) is 4.87. The topological polar surface area (TPSA) is 93.9 Å². The lowest BCUT2D eigenvalue weighted by atomic mass is 9.85. The summed E-state index contributed by atoms with van der Waals surface area (Å²) in [6.07, 6.45) is 9.79. The molecule has 0 saturated heterocycles. The van der Waals surface area contributed by atoms with Crippen molar-refractivity contribution in [3.8, 4) is 0 Å². The molecule has 9 heteroatoms. The third-order valence-electron chi connectivity index (χ3n) is 5.23. The molecule has 1 heterocycles. The van der Waals surface area contributed by atoms with Crippen molar-refractivity contribution in [1.82, 2.24) is 9.97 Å². The number of hydrogen-bond acceptors (Lipinski definition) is 6. The molecule has 0 bridgehead atoms. The smallest absolute Gasteiger partial charge is 0.225 e. The minimum atomic E-state index is -0.542. The van der Waals surface area contributed by atoms with Crippen LogP contribution in [-0.4, -0.2) is 39.5 Å². The van der Waals surface area contributed by atoms with E-state index < -0.39 is 5.54 Å². The molecule has 0 aliphatic heterocycles. The number of halogens is 3. The lowest BCUT2D eigenvalue weighted by Crippen LogP contribution is -2.37. The first kappa shape index (κ1) is 21.6. The van der Waals surface area contributed by atoms with Crippen LogP contribution in [0.5, 0.6) is 0 Å². The summed E-state index contributed by atoms with van der Waals surface area (Å²) in [6.45, 7) is 1.89. The Morgan fingerprint density at radius 2 is 2.14 bits per heavy atom. The Labute approximate surface area is 183 Å². The fourth-order valence-electron chi connectivity index (χ4n) is 3.79. The van der Waals surface area contributed by atoms with Crippen molar-refractivity contribution in [1.29, 1.82) is 5.41 Å². The van der Waals surface area contributed by atoms with E-state index in [0.29, 0.717) is 28.2 Å². The van der Waals surface area contributed by atoms with Gasteiger partial charge in [0.1, 0.15) is 5.02 Å². The van der Waals surface area contributed by atoms with Gasteiger partial charge in [-0.3, -0.25) is 0 Å². The highest BCUT2D eigenvalue weighted by molar-refractivity contribution is 9.12. The Morgan fingerprint density at radius 1 is 1.39 bits per heavy atom. The quantitative estimate of drug-likeness (QED) is 0.418. The molecule has 0 radical (unpaired) electrons. The van der Waals surface area contributed by atoms with E-state index in [1.807, 2.05) is 13.0 Å². The van der Waals surface area contributed by atoms with Gasteiger partial charge in [0.15, 0.2) is 5.82 Å². The first-order valence-corrected chi connectivity index (χ1v) is 10.8. The van der Waals surface area contributed by atoms with Crippen LogP contribution in [-0.2, 0) is 0 Å². The molecule has 3 atom stereocenters. The van der Waals surface area contributed by atoms with Crippen LogP contribution in [0, 0.1) is 11.3 Å². The van der Waals surface area contributed by atoms with E-state index in [4.69, 9.17) is 28.6 Å². The standard InChI is InChI=1S/C19H24BrCl2N5O/c1-19(6-12(10-28)16(20)13(21)7-19)27-18-24-9-14(22)17(26-18)25-15-5-3-2-4-11(15)8-23/h7-9,11,15,23,28H,2-6,10H2,1H3,(H2,24,25,26,27)/t11?,15-,19?/m0/s1. The molecular formula is C19H24BrCl2N5O. The Morgan fingerprint density at radius 3 is 2.86 bits per heavy atom. The van der Waals surface area contributed by atoms with Crippen molar-refractivity contribution in [2.24, 2.45) is 5.92 Å². The fourth-order valence-corrected chi connectivity index (χ4v) is 4.69. The second kappa shape index (κ2) is 9.11. The summed E-state index contributed by atoms with van der Waals surface area (Å²) in [5.41, 5.74) is 0.269. The van der Waals surface area contributed by atoms with E-state index in [0.717, 1.165) is 35.7 Å². The van der Waals surface area contributed by atoms with E-state index >= 15 is 0 Å². The van der Waals surface area contributed by atoms with E-state index in [2.05, 4.69) is 36.5 Å². The third-order valence-corrected chi connectivity index (χ3v) is 7.02. The average molecular weight is 489 g/mol. The number of aliphatic hydroxyl groups is 1. The second-order valence-electron chi connectivity index (χ2n) is 7.54. The highest BCUT2D eigenvalue weighted by Crippen LogP contribution is 2.38. The molecule has 28 heavy (non-hydrogen) atoms. The summed E-state index contributed by atoms with van der Waals surface area (Å²) in [7, 11) is 0. The largest absolute Gasteiger partial charge is 0.392 e. The summed E-state index contributed by atoms with van der Waals surface area (Å²) in [4.78, 5) is 8.87. The van der Waals surface area contributed by atoms with Crippen LogP contribution in [0.25, 0.3) is 0 Å². The molecule has 2 aliphatic rings. The zero-order valence-corrected chi connectivity index (χ0v) is 18.7. The van der Waals surface area contributed by atoms with Crippen molar-refractivity contribution < 1.29 is 5.11 Å². The molecule has 0 aromatic carbocycles. The van der Waals surface area contributed by atoms with Gasteiger partial charge in [-0.1, -0.05) is 36.0 Å². The molecule has 1 fully saturated rings.